The molecule has 3 N–H and O–H groups in total. The van der Waals surface area contributed by atoms with Gasteiger partial charge in [0.1, 0.15) is 18.3 Å². The Morgan fingerprint density at radius 2 is 1.58 bits per heavy atom. The molecule has 0 unspecified atom stereocenters. The molecule has 154 valence electrons. The second-order valence-corrected chi connectivity index (χ2v) is 7.81. The molecule has 1 rings (SSSR count). The molecule has 0 aromatic rings. The number of unbranched alkanes of at least 4 members (excludes halogenated alkanes) is 10. The lowest BCUT2D eigenvalue weighted by Crippen LogP contribution is -2.41. The maximum atomic E-state index is 10.1. The lowest BCUT2D eigenvalue weighted by atomic mass is 10.1. The zero-order valence-electron chi connectivity index (χ0n) is 16.3. The summed E-state index contributed by atoms with van der Waals surface area (Å²) >= 11 is 5.25. The third-order valence-electron chi connectivity index (χ3n) is 5.00. The number of thiocarbonyl (C=S) groups is 1. The van der Waals surface area contributed by atoms with Crippen molar-refractivity contribution in [3.8, 4) is 0 Å². The van der Waals surface area contributed by atoms with E-state index in [9.17, 15) is 10.2 Å². The summed E-state index contributed by atoms with van der Waals surface area (Å²) in [7, 11) is 0. The molecule has 0 aliphatic carbocycles. The van der Waals surface area contributed by atoms with Gasteiger partial charge < -0.3 is 24.8 Å². The van der Waals surface area contributed by atoms with Crippen molar-refractivity contribution in [2.75, 3.05) is 13.2 Å². The second kappa shape index (κ2) is 14.7. The van der Waals surface area contributed by atoms with E-state index in [1.165, 1.54) is 57.8 Å². The molecule has 1 aliphatic heterocycles. The Hall–Kier alpha value is -0.270. The monoisotopic (exact) mass is 390 g/mol. The van der Waals surface area contributed by atoms with Crippen LogP contribution in [0.4, 0.5) is 0 Å². The maximum absolute atomic E-state index is 10.1. The second-order valence-electron chi connectivity index (χ2n) is 7.35. The average molecular weight is 391 g/mol. The molecule has 1 fully saturated rings. The van der Waals surface area contributed by atoms with Gasteiger partial charge in [-0.2, -0.15) is 0 Å². The Labute approximate surface area is 164 Å². The van der Waals surface area contributed by atoms with Crippen molar-refractivity contribution in [1.82, 2.24) is 0 Å². The highest BCUT2D eigenvalue weighted by Gasteiger charge is 2.41. The van der Waals surface area contributed by atoms with E-state index in [0.29, 0.717) is 11.5 Å². The summed E-state index contributed by atoms with van der Waals surface area (Å²) in [6.45, 7) is 1.98. The van der Waals surface area contributed by atoms with Crippen molar-refractivity contribution in [2.24, 2.45) is 0 Å². The van der Waals surface area contributed by atoms with Crippen molar-refractivity contribution < 1.29 is 24.8 Å². The third-order valence-corrected chi connectivity index (χ3v) is 5.30. The predicted octanol–water partition coefficient (Wildman–Crippen LogP) is 3.51. The van der Waals surface area contributed by atoms with E-state index >= 15 is 0 Å². The molecule has 0 spiro atoms. The highest BCUT2D eigenvalue weighted by atomic mass is 32.1. The highest BCUT2D eigenvalue weighted by Crippen LogP contribution is 2.21. The first-order chi connectivity index (χ1) is 12.6. The minimum absolute atomic E-state index is 0.182. The summed E-state index contributed by atoms with van der Waals surface area (Å²) in [5.74, 6) is 0. The topological polar surface area (TPSA) is 79.2 Å². The van der Waals surface area contributed by atoms with E-state index in [1.807, 2.05) is 0 Å². The van der Waals surface area contributed by atoms with Crippen LogP contribution >= 0.6 is 12.2 Å². The van der Waals surface area contributed by atoms with Gasteiger partial charge in [0.05, 0.1) is 13.2 Å². The van der Waals surface area contributed by atoms with Gasteiger partial charge in [0.2, 0.25) is 0 Å². The fourth-order valence-electron chi connectivity index (χ4n) is 3.32. The molecule has 1 saturated heterocycles. The minimum Gasteiger partial charge on any atom is -0.479 e. The van der Waals surface area contributed by atoms with E-state index in [-0.39, 0.29) is 6.61 Å². The number of hydrogen-bond acceptors (Lipinski definition) is 6. The maximum Gasteiger partial charge on any atom is 0.160 e. The van der Waals surface area contributed by atoms with Crippen molar-refractivity contribution in [1.29, 1.82) is 0 Å². The number of hydrogen-bond donors (Lipinski definition) is 3. The van der Waals surface area contributed by atoms with Gasteiger partial charge in [-0.05, 0) is 18.6 Å². The zero-order valence-corrected chi connectivity index (χ0v) is 17.1. The van der Waals surface area contributed by atoms with Gasteiger partial charge >= 0.3 is 0 Å². The molecule has 0 radical (unpaired) electrons. The van der Waals surface area contributed by atoms with Gasteiger partial charge in [0, 0.05) is 6.42 Å². The van der Waals surface area contributed by atoms with E-state index in [4.69, 9.17) is 26.8 Å². The molecule has 0 aromatic heterocycles. The SMILES string of the molecule is CCCCCCCCCCCCCC(=S)O[C@@H]1CO[C@@H]([C@@H](O)CO)[C@H]1O. The minimum atomic E-state index is -1.10. The number of aliphatic hydroxyl groups is 3. The molecular weight excluding hydrogens is 352 g/mol. The fraction of sp³-hybridized carbons (Fsp3) is 0.950. The van der Waals surface area contributed by atoms with Crippen LogP contribution in [0.2, 0.25) is 0 Å². The first-order valence-corrected chi connectivity index (χ1v) is 10.8. The van der Waals surface area contributed by atoms with E-state index in [0.717, 1.165) is 12.8 Å². The van der Waals surface area contributed by atoms with Crippen LogP contribution in [0, 0.1) is 0 Å². The van der Waals surface area contributed by atoms with Gasteiger partial charge in [-0.25, -0.2) is 0 Å². The predicted molar refractivity (Wildman–Crippen MR) is 107 cm³/mol. The zero-order chi connectivity index (χ0) is 19.2. The Morgan fingerprint density at radius 3 is 2.12 bits per heavy atom. The molecule has 0 aromatic carbocycles. The average Bonchev–Trinajstić information content (AvgIpc) is 2.99. The van der Waals surface area contributed by atoms with Crippen molar-refractivity contribution in [3.05, 3.63) is 0 Å². The number of aliphatic hydroxyl groups excluding tert-OH is 3. The Balaban J connectivity index is 1.97. The van der Waals surface area contributed by atoms with Crippen LogP contribution < -0.4 is 0 Å². The van der Waals surface area contributed by atoms with Crippen molar-refractivity contribution in [2.45, 2.75) is 108 Å². The molecule has 4 atom stereocenters. The molecule has 1 heterocycles. The summed E-state index contributed by atoms with van der Waals surface area (Å²) in [4.78, 5) is 0. The lowest BCUT2D eigenvalue weighted by molar-refractivity contribution is -0.0679. The summed E-state index contributed by atoms with van der Waals surface area (Å²) in [5, 5.41) is 29.1. The summed E-state index contributed by atoms with van der Waals surface area (Å²) in [6, 6.07) is 0. The van der Waals surface area contributed by atoms with Crippen molar-refractivity contribution in [3.63, 3.8) is 0 Å². The molecule has 1 aliphatic rings. The molecule has 6 heteroatoms. The van der Waals surface area contributed by atoms with E-state index < -0.39 is 31.0 Å². The lowest BCUT2D eigenvalue weighted by Gasteiger charge is -2.21. The normalized spacial score (nSPS) is 23.9. The summed E-state index contributed by atoms with van der Waals surface area (Å²) in [5.41, 5.74) is 0. The fourth-order valence-corrected chi connectivity index (χ4v) is 3.59. The number of ether oxygens (including phenoxy) is 2. The molecule has 5 nitrogen and oxygen atoms in total. The quantitative estimate of drug-likeness (QED) is 0.293. The van der Waals surface area contributed by atoms with Gasteiger partial charge in [-0.15, -0.1) is 0 Å². The van der Waals surface area contributed by atoms with Crippen LogP contribution in [0.5, 0.6) is 0 Å². The van der Waals surface area contributed by atoms with Gasteiger partial charge in [-0.1, -0.05) is 71.1 Å². The van der Waals surface area contributed by atoms with E-state index in [1.54, 1.807) is 0 Å². The Morgan fingerprint density at radius 1 is 1.04 bits per heavy atom. The first-order valence-electron chi connectivity index (χ1n) is 10.4. The third kappa shape index (κ3) is 9.60. The van der Waals surface area contributed by atoms with Crippen LogP contribution in [0.15, 0.2) is 0 Å². The summed E-state index contributed by atoms with van der Waals surface area (Å²) in [6.07, 6.45) is 11.4. The largest absolute Gasteiger partial charge is 0.479 e. The molecular formula is C20H38O5S. The van der Waals surface area contributed by atoms with Gasteiger partial charge in [0.25, 0.3) is 0 Å². The van der Waals surface area contributed by atoms with Crippen LogP contribution in [0.1, 0.15) is 84.0 Å². The van der Waals surface area contributed by atoms with Crippen LogP contribution in [-0.2, 0) is 9.47 Å². The van der Waals surface area contributed by atoms with Crippen LogP contribution in [0.3, 0.4) is 0 Å². The number of rotatable bonds is 15. The molecule has 26 heavy (non-hydrogen) atoms. The van der Waals surface area contributed by atoms with Crippen LogP contribution in [-0.4, -0.2) is 58.0 Å². The Bertz CT molecular complexity index is 366. The smallest absolute Gasteiger partial charge is 0.160 e. The molecule has 0 amide bonds. The Kier molecular flexibility index (Phi) is 13.5. The first kappa shape index (κ1) is 23.8. The molecule has 0 bridgehead atoms. The van der Waals surface area contributed by atoms with E-state index in [2.05, 4.69) is 6.92 Å². The molecule has 0 saturated carbocycles. The highest BCUT2D eigenvalue weighted by molar-refractivity contribution is 7.80. The van der Waals surface area contributed by atoms with Crippen molar-refractivity contribution >= 4 is 17.3 Å². The van der Waals surface area contributed by atoms with Gasteiger partial charge in [-0.3, -0.25) is 0 Å². The summed E-state index contributed by atoms with van der Waals surface area (Å²) < 4.78 is 10.9. The van der Waals surface area contributed by atoms with Gasteiger partial charge in [0.15, 0.2) is 11.2 Å². The standard InChI is InChI=1S/C20H38O5S/c1-2-3-4-5-6-7-8-9-10-11-12-13-18(26)25-17-15-24-20(19(17)23)16(22)14-21/h16-17,19-23H,2-15H2,1H3/t16-,17+,19-,20-/m0/s1. The van der Waals surface area contributed by atoms with Crippen LogP contribution in [0.25, 0.3) is 0 Å².